The van der Waals surface area contributed by atoms with Crippen molar-refractivity contribution in [2.45, 2.75) is 4.21 Å². The van der Waals surface area contributed by atoms with Gasteiger partial charge in [-0.3, -0.25) is 14.3 Å². The van der Waals surface area contributed by atoms with Crippen LogP contribution < -0.4 is 10.0 Å². The summed E-state index contributed by atoms with van der Waals surface area (Å²) >= 11 is 4.33. The van der Waals surface area contributed by atoms with E-state index >= 15 is 0 Å². The van der Waals surface area contributed by atoms with Gasteiger partial charge in [0.1, 0.15) is 4.21 Å². The van der Waals surface area contributed by atoms with E-state index in [0.29, 0.717) is 15.0 Å². The molecule has 0 aliphatic carbocycles. The minimum atomic E-state index is -3.67. The molecular formula is C15H16BrN3O4S2. The van der Waals surface area contributed by atoms with Crippen LogP contribution in [0.25, 0.3) is 0 Å². The summed E-state index contributed by atoms with van der Waals surface area (Å²) in [7, 11) is -0.661. The molecule has 0 spiro atoms. The van der Waals surface area contributed by atoms with Gasteiger partial charge in [-0.15, -0.1) is 11.3 Å². The van der Waals surface area contributed by atoms with Crippen LogP contribution >= 0.6 is 27.3 Å². The third kappa shape index (κ3) is 5.03. The van der Waals surface area contributed by atoms with Crippen molar-refractivity contribution in [1.82, 2.24) is 10.2 Å². The molecule has 0 unspecified atom stereocenters. The Morgan fingerprint density at radius 3 is 2.32 bits per heavy atom. The lowest BCUT2D eigenvalue weighted by molar-refractivity contribution is -0.121. The highest BCUT2D eigenvalue weighted by Crippen LogP contribution is 2.27. The zero-order chi connectivity index (χ0) is 18.6. The van der Waals surface area contributed by atoms with Crippen LogP contribution in [0.1, 0.15) is 10.4 Å². The van der Waals surface area contributed by atoms with Crippen molar-refractivity contribution >= 4 is 54.8 Å². The second-order valence-corrected chi connectivity index (χ2v) is 9.45. The van der Waals surface area contributed by atoms with Gasteiger partial charge in [0.05, 0.1) is 10.3 Å². The predicted molar refractivity (Wildman–Crippen MR) is 100 cm³/mol. The van der Waals surface area contributed by atoms with Crippen LogP contribution in [0.3, 0.4) is 0 Å². The normalized spacial score (nSPS) is 11.0. The maximum absolute atomic E-state index is 12.3. The van der Waals surface area contributed by atoms with E-state index in [1.165, 1.54) is 49.3 Å². The number of benzene rings is 1. The number of rotatable bonds is 6. The number of amides is 2. The number of anilines is 1. The van der Waals surface area contributed by atoms with E-state index in [2.05, 4.69) is 26.0 Å². The Bertz CT molecular complexity index is 878. The van der Waals surface area contributed by atoms with Gasteiger partial charge in [0.2, 0.25) is 5.91 Å². The molecule has 0 saturated carbocycles. The quantitative estimate of drug-likeness (QED) is 0.711. The highest BCUT2D eigenvalue weighted by molar-refractivity contribution is 9.11. The molecule has 1 aromatic carbocycles. The fourth-order valence-electron chi connectivity index (χ4n) is 1.92. The van der Waals surface area contributed by atoms with Crippen molar-refractivity contribution in [3.8, 4) is 0 Å². The minimum absolute atomic E-state index is 0.0586. The van der Waals surface area contributed by atoms with Crippen LogP contribution in [0.15, 0.2) is 44.4 Å². The van der Waals surface area contributed by atoms with Gasteiger partial charge in [0.15, 0.2) is 0 Å². The first-order valence-corrected chi connectivity index (χ1v) is 10.2. The Morgan fingerprint density at radius 2 is 1.80 bits per heavy atom. The summed E-state index contributed by atoms with van der Waals surface area (Å²) in [5.74, 6) is -0.609. The van der Waals surface area contributed by atoms with E-state index in [1.807, 2.05) is 0 Å². The van der Waals surface area contributed by atoms with E-state index in [1.54, 1.807) is 6.07 Å². The Balaban J connectivity index is 2.09. The second-order valence-electron chi connectivity index (χ2n) is 5.08. The van der Waals surface area contributed by atoms with E-state index in [0.717, 1.165) is 11.3 Å². The van der Waals surface area contributed by atoms with Crippen LogP contribution in [0.4, 0.5) is 5.69 Å². The van der Waals surface area contributed by atoms with Crippen LogP contribution in [0, 0.1) is 0 Å². The first kappa shape index (κ1) is 19.4. The Morgan fingerprint density at radius 1 is 1.16 bits per heavy atom. The number of sulfonamides is 1. The number of likely N-dealkylation sites (N-methyl/N-ethyl adjacent to an activating group) is 2. The summed E-state index contributed by atoms with van der Waals surface area (Å²) < 4.78 is 27.9. The van der Waals surface area contributed by atoms with Crippen molar-refractivity contribution in [2.24, 2.45) is 0 Å². The number of halogens is 1. The number of carbonyl (C=O) groups is 2. The lowest BCUT2D eigenvalue weighted by Crippen LogP contribution is -2.36. The first-order chi connectivity index (χ1) is 11.7. The Labute approximate surface area is 158 Å². The topological polar surface area (TPSA) is 95.6 Å². The van der Waals surface area contributed by atoms with Crippen LogP contribution in [-0.4, -0.2) is 45.8 Å². The molecule has 2 amide bonds. The first-order valence-electron chi connectivity index (χ1n) is 7.07. The summed E-state index contributed by atoms with van der Waals surface area (Å²) in [5, 5.41) is 2.44. The largest absolute Gasteiger partial charge is 0.358 e. The third-order valence-electron chi connectivity index (χ3n) is 3.20. The summed E-state index contributed by atoms with van der Waals surface area (Å²) in [6.45, 7) is -0.0586. The molecule has 134 valence electrons. The number of hydrogen-bond donors (Lipinski definition) is 2. The lowest BCUT2D eigenvalue weighted by Gasteiger charge is -2.16. The van der Waals surface area contributed by atoms with Gasteiger partial charge in [-0.2, -0.15) is 0 Å². The van der Waals surface area contributed by atoms with Crippen molar-refractivity contribution in [3.05, 3.63) is 45.7 Å². The van der Waals surface area contributed by atoms with Crippen LogP contribution in [-0.2, 0) is 14.8 Å². The Kier molecular flexibility index (Phi) is 6.20. The Hall–Kier alpha value is -1.91. The van der Waals surface area contributed by atoms with Gasteiger partial charge in [0, 0.05) is 25.3 Å². The number of hydrogen-bond acceptors (Lipinski definition) is 5. The van der Waals surface area contributed by atoms with Crippen molar-refractivity contribution in [1.29, 1.82) is 0 Å². The molecule has 2 aromatic rings. The van der Waals surface area contributed by atoms with Gasteiger partial charge < -0.3 is 10.2 Å². The predicted octanol–water partition coefficient (Wildman–Crippen LogP) is 2.13. The third-order valence-corrected chi connectivity index (χ3v) is 6.70. The van der Waals surface area contributed by atoms with E-state index in [-0.39, 0.29) is 22.6 Å². The zero-order valence-electron chi connectivity index (χ0n) is 13.4. The molecule has 0 radical (unpaired) electrons. The van der Waals surface area contributed by atoms with E-state index < -0.39 is 10.0 Å². The number of carbonyl (C=O) groups excluding carboxylic acids is 2. The molecule has 1 heterocycles. The smallest absolute Gasteiger partial charge is 0.271 e. The van der Waals surface area contributed by atoms with Crippen LogP contribution in [0.2, 0.25) is 0 Å². The molecule has 0 atom stereocenters. The van der Waals surface area contributed by atoms with Gasteiger partial charge in [-0.05, 0) is 52.3 Å². The molecule has 0 saturated heterocycles. The van der Waals surface area contributed by atoms with Crippen molar-refractivity contribution in [3.63, 3.8) is 0 Å². The molecule has 25 heavy (non-hydrogen) atoms. The summed E-state index contributed by atoms with van der Waals surface area (Å²) in [6, 6.07) is 9.17. The van der Waals surface area contributed by atoms with Crippen molar-refractivity contribution in [2.75, 3.05) is 25.4 Å². The SMILES string of the molecule is CNC(=O)CN(C)C(=O)c1ccc(NS(=O)(=O)c2ccc(Br)s2)cc1. The van der Waals surface area contributed by atoms with E-state index in [4.69, 9.17) is 0 Å². The van der Waals surface area contributed by atoms with Gasteiger partial charge in [0.25, 0.3) is 15.9 Å². The van der Waals surface area contributed by atoms with E-state index in [9.17, 15) is 18.0 Å². The maximum atomic E-state index is 12.3. The van der Waals surface area contributed by atoms with Gasteiger partial charge in [-0.1, -0.05) is 0 Å². The molecular weight excluding hydrogens is 430 g/mol. The summed E-state index contributed by atoms with van der Waals surface area (Å²) in [6.07, 6.45) is 0. The zero-order valence-corrected chi connectivity index (χ0v) is 16.7. The molecule has 0 aliphatic heterocycles. The maximum Gasteiger partial charge on any atom is 0.271 e. The van der Waals surface area contributed by atoms with Crippen LogP contribution in [0.5, 0.6) is 0 Å². The summed E-state index contributed by atoms with van der Waals surface area (Å²) in [5.41, 5.74) is 0.697. The molecule has 10 heteroatoms. The lowest BCUT2D eigenvalue weighted by atomic mass is 10.2. The second kappa shape index (κ2) is 7.98. The summed E-state index contributed by atoms with van der Waals surface area (Å²) in [4.78, 5) is 24.8. The molecule has 1 aromatic heterocycles. The molecule has 0 aliphatic rings. The molecule has 7 nitrogen and oxygen atoms in total. The van der Waals surface area contributed by atoms with Gasteiger partial charge in [-0.25, -0.2) is 8.42 Å². The molecule has 2 N–H and O–H groups in total. The number of nitrogens with zero attached hydrogens (tertiary/aromatic N) is 1. The number of nitrogens with one attached hydrogen (secondary N) is 2. The number of thiophene rings is 1. The minimum Gasteiger partial charge on any atom is -0.358 e. The van der Waals surface area contributed by atoms with Gasteiger partial charge >= 0.3 is 0 Å². The molecule has 0 fully saturated rings. The standard InChI is InChI=1S/C15H16BrN3O4S2/c1-17-13(20)9-19(2)15(21)10-3-5-11(6-4-10)18-25(22,23)14-8-7-12(16)24-14/h3-8,18H,9H2,1-2H3,(H,17,20). The highest BCUT2D eigenvalue weighted by atomic mass is 79.9. The fraction of sp³-hybridized carbons (Fsp3) is 0.200. The average Bonchev–Trinajstić information content (AvgIpc) is 3.02. The molecule has 0 bridgehead atoms. The monoisotopic (exact) mass is 445 g/mol. The molecule has 2 rings (SSSR count). The average molecular weight is 446 g/mol. The fourth-order valence-corrected chi connectivity index (χ4v) is 4.98. The van der Waals surface area contributed by atoms with Crippen molar-refractivity contribution < 1.29 is 18.0 Å². The highest BCUT2D eigenvalue weighted by Gasteiger charge is 2.18.